The van der Waals surface area contributed by atoms with Crippen LogP contribution in [0.4, 0.5) is 0 Å². The number of imidazole rings is 1. The molecule has 0 atom stereocenters. The van der Waals surface area contributed by atoms with Crippen LogP contribution in [0.5, 0.6) is 5.75 Å². The van der Waals surface area contributed by atoms with Crippen molar-refractivity contribution in [2.24, 2.45) is 0 Å². The molecule has 4 rings (SSSR count). The molecular weight excluding hydrogens is 412 g/mol. The van der Waals surface area contributed by atoms with E-state index in [-0.39, 0.29) is 0 Å². The number of aryl methyl sites for hydroxylation is 2. The van der Waals surface area contributed by atoms with Gasteiger partial charge in [0.1, 0.15) is 11.6 Å². The van der Waals surface area contributed by atoms with Gasteiger partial charge in [-0.3, -0.25) is 0 Å². The zero-order valence-corrected chi connectivity index (χ0v) is 17.5. The van der Waals surface area contributed by atoms with Crippen LogP contribution in [0, 0.1) is 6.92 Å². The van der Waals surface area contributed by atoms with E-state index in [0.29, 0.717) is 0 Å². The van der Waals surface area contributed by atoms with Crippen LogP contribution in [-0.4, -0.2) is 16.2 Å². The summed E-state index contributed by atoms with van der Waals surface area (Å²) in [4.78, 5) is 4.89. The highest BCUT2D eigenvalue weighted by Crippen LogP contribution is 2.26. The zero-order valence-electron chi connectivity index (χ0n) is 15.9. The second kappa shape index (κ2) is 8.61. The lowest BCUT2D eigenvalue weighted by atomic mass is 10.2. The zero-order chi connectivity index (χ0) is 19.3. The number of unbranched alkanes of at least 4 members (excludes halogenated alkanes) is 1. The minimum absolute atomic E-state index is 0.727. The predicted molar refractivity (Wildman–Crippen MR) is 119 cm³/mol. The highest BCUT2D eigenvalue weighted by molar-refractivity contribution is 9.10. The molecule has 1 aromatic heterocycles. The lowest BCUT2D eigenvalue weighted by molar-refractivity contribution is 0.302. The third kappa shape index (κ3) is 4.12. The minimum Gasteiger partial charge on any atom is -0.493 e. The van der Waals surface area contributed by atoms with Crippen molar-refractivity contribution in [2.45, 2.75) is 26.3 Å². The Balaban J connectivity index is 1.47. The van der Waals surface area contributed by atoms with Gasteiger partial charge >= 0.3 is 0 Å². The Labute approximate surface area is 174 Å². The molecule has 0 fully saturated rings. The molecule has 0 aliphatic heterocycles. The fraction of sp³-hybridized carbons (Fsp3) is 0.208. The van der Waals surface area contributed by atoms with Crippen LogP contribution in [0.1, 0.15) is 18.4 Å². The third-order valence-corrected chi connectivity index (χ3v) is 5.41. The van der Waals surface area contributed by atoms with Gasteiger partial charge in [-0.1, -0.05) is 58.4 Å². The molecule has 0 N–H and O–H groups in total. The Bertz CT molecular complexity index is 1070. The lowest BCUT2D eigenvalue weighted by Crippen LogP contribution is -2.04. The summed E-state index contributed by atoms with van der Waals surface area (Å²) in [6, 6.07) is 24.9. The van der Waals surface area contributed by atoms with Gasteiger partial charge in [0.2, 0.25) is 0 Å². The molecule has 4 aromatic rings. The first-order valence-electron chi connectivity index (χ1n) is 9.62. The van der Waals surface area contributed by atoms with E-state index in [1.54, 1.807) is 0 Å². The van der Waals surface area contributed by atoms with Gasteiger partial charge in [-0.25, -0.2) is 4.98 Å². The van der Waals surface area contributed by atoms with E-state index < -0.39 is 0 Å². The van der Waals surface area contributed by atoms with Crippen molar-refractivity contribution in [3.05, 3.63) is 82.8 Å². The number of ether oxygens (including phenoxy) is 1. The average Bonchev–Trinajstić information content (AvgIpc) is 3.08. The second-order valence-corrected chi connectivity index (χ2v) is 7.82. The number of para-hydroxylation sites is 3. The molecule has 142 valence electrons. The van der Waals surface area contributed by atoms with Crippen LogP contribution in [-0.2, 0) is 6.54 Å². The number of hydrogen-bond donors (Lipinski definition) is 0. The molecule has 0 amide bonds. The summed E-state index contributed by atoms with van der Waals surface area (Å²) in [6.07, 6.45) is 2.04. The van der Waals surface area contributed by atoms with E-state index >= 15 is 0 Å². The smallest absolute Gasteiger partial charge is 0.141 e. The van der Waals surface area contributed by atoms with Gasteiger partial charge in [0.05, 0.1) is 17.6 Å². The summed E-state index contributed by atoms with van der Waals surface area (Å²) < 4.78 is 9.34. The molecule has 0 saturated carbocycles. The van der Waals surface area contributed by atoms with E-state index in [1.165, 1.54) is 11.1 Å². The maximum absolute atomic E-state index is 5.94. The van der Waals surface area contributed by atoms with Crippen molar-refractivity contribution in [3.63, 3.8) is 0 Å². The molecule has 0 aliphatic rings. The van der Waals surface area contributed by atoms with Crippen LogP contribution in [0.15, 0.2) is 77.3 Å². The van der Waals surface area contributed by atoms with Gasteiger partial charge in [0, 0.05) is 16.6 Å². The van der Waals surface area contributed by atoms with Crippen molar-refractivity contribution in [1.82, 2.24) is 9.55 Å². The van der Waals surface area contributed by atoms with E-state index in [9.17, 15) is 0 Å². The van der Waals surface area contributed by atoms with Gasteiger partial charge in [-0.2, -0.15) is 0 Å². The SMILES string of the molecule is Cc1ccccc1OCCCCn1c(-c2ccc(Br)cc2)nc2ccccc21. The Hall–Kier alpha value is -2.59. The number of benzene rings is 3. The van der Waals surface area contributed by atoms with Crippen LogP contribution in [0.25, 0.3) is 22.4 Å². The number of halogens is 1. The van der Waals surface area contributed by atoms with E-state index in [2.05, 4.69) is 76.0 Å². The maximum atomic E-state index is 5.94. The molecule has 28 heavy (non-hydrogen) atoms. The van der Waals surface area contributed by atoms with Crippen LogP contribution in [0.3, 0.4) is 0 Å². The molecular formula is C24H23BrN2O. The van der Waals surface area contributed by atoms with Crippen molar-refractivity contribution in [2.75, 3.05) is 6.61 Å². The Morgan fingerprint density at radius 2 is 1.64 bits per heavy atom. The topological polar surface area (TPSA) is 27.1 Å². The first kappa shape index (κ1) is 18.8. The number of aromatic nitrogens is 2. The number of hydrogen-bond acceptors (Lipinski definition) is 2. The molecule has 0 spiro atoms. The summed E-state index contributed by atoms with van der Waals surface area (Å²) in [5.41, 5.74) is 4.54. The first-order valence-corrected chi connectivity index (χ1v) is 10.4. The van der Waals surface area contributed by atoms with Crippen molar-refractivity contribution in [3.8, 4) is 17.1 Å². The summed E-state index contributed by atoms with van der Waals surface area (Å²) >= 11 is 3.51. The van der Waals surface area contributed by atoms with Gasteiger partial charge in [-0.15, -0.1) is 0 Å². The van der Waals surface area contributed by atoms with Crippen LogP contribution < -0.4 is 4.74 Å². The van der Waals surface area contributed by atoms with Crippen LogP contribution in [0.2, 0.25) is 0 Å². The third-order valence-electron chi connectivity index (χ3n) is 4.88. The molecule has 0 radical (unpaired) electrons. The van der Waals surface area contributed by atoms with Gasteiger partial charge in [0.15, 0.2) is 0 Å². The number of rotatable bonds is 7. The summed E-state index contributed by atoms with van der Waals surface area (Å²) in [5.74, 6) is 2.00. The summed E-state index contributed by atoms with van der Waals surface area (Å²) in [5, 5.41) is 0. The molecule has 3 nitrogen and oxygen atoms in total. The molecule has 0 unspecified atom stereocenters. The van der Waals surface area contributed by atoms with Crippen molar-refractivity contribution in [1.29, 1.82) is 0 Å². The van der Waals surface area contributed by atoms with E-state index in [4.69, 9.17) is 9.72 Å². The van der Waals surface area contributed by atoms with Gasteiger partial charge < -0.3 is 9.30 Å². The average molecular weight is 435 g/mol. The first-order chi connectivity index (χ1) is 13.7. The fourth-order valence-corrected chi connectivity index (χ4v) is 3.66. The molecule has 4 heteroatoms. The molecule has 3 aromatic carbocycles. The summed E-state index contributed by atoms with van der Waals surface area (Å²) in [6.45, 7) is 3.73. The second-order valence-electron chi connectivity index (χ2n) is 6.90. The summed E-state index contributed by atoms with van der Waals surface area (Å²) in [7, 11) is 0. The molecule has 0 aliphatic carbocycles. The Morgan fingerprint density at radius 3 is 2.46 bits per heavy atom. The number of fused-ring (bicyclic) bond motifs is 1. The fourth-order valence-electron chi connectivity index (χ4n) is 3.39. The molecule has 0 bridgehead atoms. The minimum atomic E-state index is 0.727. The molecule has 1 heterocycles. The van der Waals surface area contributed by atoms with Crippen molar-refractivity contribution < 1.29 is 4.74 Å². The Kier molecular flexibility index (Phi) is 5.77. The van der Waals surface area contributed by atoms with Gasteiger partial charge in [0.25, 0.3) is 0 Å². The van der Waals surface area contributed by atoms with E-state index in [1.807, 2.05) is 24.3 Å². The predicted octanol–water partition coefficient (Wildman–Crippen LogP) is 6.63. The normalized spacial score (nSPS) is 11.1. The maximum Gasteiger partial charge on any atom is 0.141 e. The number of nitrogens with zero attached hydrogens (tertiary/aromatic N) is 2. The van der Waals surface area contributed by atoms with Crippen LogP contribution >= 0.6 is 15.9 Å². The Morgan fingerprint density at radius 1 is 0.893 bits per heavy atom. The lowest BCUT2D eigenvalue weighted by Gasteiger charge is -2.11. The molecule has 0 saturated heterocycles. The highest BCUT2D eigenvalue weighted by Gasteiger charge is 2.12. The van der Waals surface area contributed by atoms with Crippen molar-refractivity contribution >= 4 is 27.0 Å². The highest BCUT2D eigenvalue weighted by atomic mass is 79.9. The largest absolute Gasteiger partial charge is 0.493 e. The van der Waals surface area contributed by atoms with E-state index in [0.717, 1.165) is 53.1 Å². The van der Waals surface area contributed by atoms with Gasteiger partial charge in [-0.05, 0) is 55.7 Å². The monoisotopic (exact) mass is 434 g/mol. The standard InChI is InChI=1S/C24H23BrN2O/c1-18-8-2-5-11-23(18)28-17-7-6-16-27-22-10-4-3-9-21(22)26-24(27)19-12-14-20(25)15-13-19/h2-5,8-15H,6-7,16-17H2,1H3. The quantitative estimate of drug-likeness (QED) is 0.305.